The second-order valence-corrected chi connectivity index (χ2v) is 5.39. The molecule has 1 atom stereocenters. The van der Waals surface area contributed by atoms with Crippen molar-refractivity contribution in [2.45, 2.75) is 39.7 Å². The van der Waals surface area contributed by atoms with Crippen LogP contribution in [0.25, 0.3) is 0 Å². The third kappa shape index (κ3) is 7.20. The Labute approximate surface area is 118 Å². The molecule has 7 heteroatoms. The van der Waals surface area contributed by atoms with Crippen molar-refractivity contribution < 1.29 is 24.6 Å². The Balaban J connectivity index is 3.87. The number of aliphatic hydroxyl groups excluding tert-OH is 2. The first kappa shape index (κ1) is 18.5. The van der Waals surface area contributed by atoms with E-state index in [0.29, 0.717) is 0 Å². The van der Waals surface area contributed by atoms with E-state index in [2.05, 4.69) is 10.6 Å². The number of carbonyl (C=O) groups is 3. The van der Waals surface area contributed by atoms with Crippen molar-refractivity contribution in [3.05, 3.63) is 0 Å². The molecule has 4 N–H and O–H groups in total. The van der Waals surface area contributed by atoms with Crippen molar-refractivity contribution >= 4 is 17.6 Å². The second-order valence-electron chi connectivity index (χ2n) is 5.39. The van der Waals surface area contributed by atoms with Gasteiger partial charge in [-0.1, -0.05) is 13.8 Å². The number of nitrogens with one attached hydrogen (secondary N) is 2. The van der Waals surface area contributed by atoms with Crippen LogP contribution in [0, 0.1) is 5.41 Å². The average Bonchev–Trinajstić information content (AvgIpc) is 2.39. The minimum atomic E-state index is -1.32. The molecule has 0 aromatic rings. The summed E-state index contributed by atoms with van der Waals surface area (Å²) in [6.07, 6.45) is -0.994. The van der Waals surface area contributed by atoms with Gasteiger partial charge in [0, 0.05) is 31.3 Å². The van der Waals surface area contributed by atoms with Crippen molar-refractivity contribution in [2.24, 2.45) is 5.41 Å². The highest BCUT2D eigenvalue weighted by Gasteiger charge is 2.32. The van der Waals surface area contributed by atoms with Crippen LogP contribution >= 0.6 is 0 Å². The zero-order valence-corrected chi connectivity index (χ0v) is 12.2. The molecule has 0 saturated carbocycles. The molecule has 0 radical (unpaired) electrons. The Morgan fingerprint density at radius 1 is 1.10 bits per heavy atom. The Hall–Kier alpha value is -1.47. The molecule has 0 aliphatic heterocycles. The highest BCUT2D eigenvalue weighted by molar-refractivity contribution is 5.83. The molecule has 0 fully saturated rings. The number of rotatable bonds is 9. The standard InChI is InChI=1S/C13H24N2O5/c1-9(17)4-5-10(18)14-6-7-15-12(20)11(19)13(2,3)8-16/h11,16,19H,4-8H2,1-3H3,(H,14,18)(H,15,20)/t11-/m0/s1. The first-order valence-corrected chi connectivity index (χ1v) is 6.53. The van der Waals surface area contributed by atoms with Crippen LogP contribution in [0.2, 0.25) is 0 Å². The summed E-state index contributed by atoms with van der Waals surface area (Å²) in [6.45, 7) is 4.63. The molecule has 0 aromatic carbocycles. The molecule has 0 spiro atoms. The van der Waals surface area contributed by atoms with Crippen LogP contribution in [0.3, 0.4) is 0 Å². The number of carbonyl (C=O) groups excluding carboxylic acids is 3. The zero-order chi connectivity index (χ0) is 15.8. The monoisotopic (exact) mass is 288 g/mol. The van der Waals surface area contributed by atoms with Crippen LogP contribution in [-0.4, -0.2) is 53.6 Å². The third-order valence-corrected chi connectivity index (χ3v) is 2.85. The Bertz CT molecular complexity index is 355. The molecule has 0 bridgehead atoms. The van der Waals surface area contributed by atoms with E-state index in [1.165, 1.54) is 6.92 Å². The van der Waals surface area contributed by atoms with E-state index in [1.807, 2.05) is 0 Å². The topological polar surface area (TPSA) is 116 Å². The van der Waals surface area contributed by atoms with Gasteiger partial charge >= 0.3 is 0 Å². The fraction of sp³-hybridized carbons (Fsp3) is 0.769. The number of hydrogen-bond acceptors (Lipinski definition) is 5. The summed E-state index contributed by atoms with van der Waals surface area (Å²) in [5.74, 6) is -0.907. The maximum atomic E-state index is 11.6. The highest BCUT2D eigenvalue weighted by Crippen LogP contribution is 2.19. The number of hydrogen-bond donors (Lipinski definition) is 4. The van der Waals surface area contributed by atoms with Gasteiger partial charge in [0.05, 0.1) is 6.61 Å². The summed E-state index contributed by atoms with van der Waals surface area (Å²) in [5, 5.41) is 23.7. The van der Waals surface area contributed by atoms with Gasteiger partial charge in [0.25, 0.3) is 0 Å². The predicted molar refractivity (Wildman–Crippen MR) is 72.8 cm³/mol. The van der Waals surface area contributed by atoms with Crippen molar-refractivity contribution in [2.75, 3.05) is 19.7 Å². The van der Waals surface area contributed by atoms with Crippen LogP contribution in [-0.2, 0) is 14.4 Å². The van der Waals surface area contributed by atoms with Gasteiger partial charge in [0.1, 0.15) is 11.9 Å². The van der Waals surface area contributed by atoms with E-state index in [-0.39, 0.29) is 44.2 Å². The zero-order valence-electron chi connectivity index (χ0n) is 12.2. The molecule has 20 heavy (non-hydrogen) atoms. The summed E-state index contributed by atoms with van der Waals surface area (Å²) in [4.78, 5) is 33.5. The molecule has 0 rings (SSSR count). The maximum Gasteiger partial charge on any atom is 0.249 e. The van der Waals surface area contributed by atoms with Gasteiger partial charge < -0.3 is 25.6 Å². The van der Waals surface area contributed by atoms with E-state index in [4.69, 9.17) is 5.11 Å². The third-order valence-electron chi connectivity index (χ3n) is 2.85. The maximum absolute atomic E-state index is 11.6. The van der Waals surface area contributed by atoms with Crippen LogP contribution < -0.4 is 10.6 Å². The quantitative estimate of drug-likeness (QED) is 0.405. The SMILES string of the molecule is CC(=O)CCC(=O)NCCNC(=O)[C@H](O)C(C)(C)CO. The molecule has 116 valence electrons. The fourth-order valence-electron chi connectivity index (χ4n) is 1.30. The lowest BCUT2D eigenvalue weighted by Crippen LogP contribution is -2.47. The van der Waals surface area contributed by atoms with Gasteiger partial charge in [-0.05, 0) is 6.92 Å². The Morgan fingerprint density at radius 2 is 1.65 bits per heavy atom. The molecule has 0 saturated heterocycles. The number of amides is 2. The van der Waals surface area contributed by atoms with Gasteiger partial charge in [-0.2, -0.15) is 0 Å². The minimum Gasteiger partial charge on any atom is -0.396 e. The molecule has 0 heterocycles. The van der Waals surface area contributed by atoms with Gasteiger partial charge in [0.15, 0.2) is 0 Å². The molecule has 7 nitrogen and oxygen atoms in total. The molecule has 0 aliphatic rings. The Morgan fingerprint density at radius 3 is 2.15 bits per heavy atom. The van der Waals surface area contributed by atoms with E-state index in [1.54, 1.807) is 13.8 Å². The molecule has 0 aromatic heterocycles. The van der Waals surface area contributed by atoms with Crippen LogP contribution in [0.15, 0.2) is 0 Å². The minimum absolute atomic E-state index is 0.0530. The molecule has 0 aliphatic carbocycles. The largest absolute Gasteiger partial charge is 0.396 e. The fourth-order valence-corrected chi connectivity index (χ4v) is 1.30. The van der Waals surface area contributed by atoms with E-state index in [0.717, 1.165) is 0 Å². The molecular formula is C13H24N2O5. The van der Waals surface area contributed by atoms with Crippen molar-refractivity contribution in [1.29, 1.82) is 0 Å². The summed E-state index contributed by atoms with van der Waals surface area (Å²) in [7, 11) is 0. The van der Waals surface area contributed by atoms with E-state index < -0.39 is 17.4 Å². The average molecular weight is 288 g/mol. The lowest BCUT2D eigenvalue weighted by Gasteiger charge is -2.27. The lowest BCUT2D eigenvalue weighted by molar-refractivity contribution is -0.137. The van der Waals surface area contributed by atoms with Gasteiger partial charge in [-0.15, -0.1) is 0 Å². The van der Waals surface area contributed by atoms with Crippen molar-refractivity contribution in [1.82, 2.24) is 10.6 Å². The lowest BCUT2D eigenvalue weighted by atomic mass is 9.87. The number of Topliss-reactive ketones (excluding diaryl/α,β-unsaturated/α-hetero) is 1. The number of ketones is 1. The summed E-state index contributed by atoms with van der Waals surface area (Å²) in [6, 6.07) is 0. The summed E-state index contributed by atoms with van der Waals surface area (Å²) >= 11 is 0. The Kier molecular flexibility index (Phi) is 8.02. The van der Waals surface area contributed by atoms with E-state index in [9.17, 15) is 19.5 Å². The van der Waals surface area contributed by atoms with Crippen LogP contribution in [0.4, 0.5) is 0 Å². The van der Waals surface area contributed by atoms with Crippen molar-refractivity contribution in [3.63, 3.8) is 0 Å². The van der Waals surface area contributed by atoms with E-state index >= 15 is 0 Å². The predicted octanol–water partition coefficient (Wildman–Crippen LogP) is -1.03. The summed E-state index contributed by atoms with van der Waals surface area (Å²) < 4.78 is 0. The van der Waals surface area contributed by atoms with Crippen molar-refractivity contribution in [3.8, 4) is 0 Å². The first-order valence-electron chi connectivity index (χ1n) is 6.53. The normalized spacial score (nSPS) is 12.7. The molecule has 2 amide bonds. The first-order chi connectivity index (χ1) is 9.20. The molecular weight excluding hydrogens is 264 g/mol. The second kappa shape index (κ2) is 8.65. The smallest absolute Gasteiger partial charge is 0.249 e. The van der Waals surface area contributed by atoms with Crippen LogP contribution in [0.1, 0.15) is 33.6 Å². The van der Waals surface area contributed by atoms with Gasteiger partial charge in [0.2, 0.25) is 11.8 Å². The van der Waals surface area contributed by atoms with Gasteiger partial charge in [-0.25, -0.2) is 0 Å². The van der Waals surface area contributed by atoms with Crippen LogP contribution in [0.5, 0.6) is 0 Å². The molecule has 0 unspecified atom stereocenters. The summed E-state index contributed by atoms with van der Waals surface area (Å²) in [5.41, 5.74) is -0.922. The highest BCUT2D eigenvalue weighted by atomic mass is 16.3. The van der Waals surface area contributed by atoms with Gasteiger partial charge in [-0.3, -0.25) is 9.59 Å². The number of aliphatic hydroxyl groups is 2.